The topological polar surface area (TPSA) is 55.8 Å². The quantitative estimate of drug-likeness (QED) is 0.635. The van der Waals surface area contributed by atoms with Gasteiger partial charge in [-0.15, -0.1) is 11.6 Å². The Morgan fingerprint density at radius 1 is 1.00 bits per heavy atom. The summed E-state index contributed by atoms with van der Waals surface area (Å²) >= 11 is 5.73. The molecule has 0 aliphatic heterocycles. The summed E-state index contributed by atoms with van der Waals surface area (Å²) in [6.07, 6.45) is 0. The second-order valence-corrected chi connectivity index (χ2v) is 7.25. The van der Waals surface area contributed by atoms with Gasteiger partial charge in [-0.2, -0.15) is 0 Å². The average molecular weight is 327 g/mol. The summed E-state index contributed by atoms with van der Waals surface area (Å²) in [5.41, 5.74) is 0. The van der Waals surface area contributed by atoms with E-state index in [9.17, 15) is 9.67 Å². The number of benzene rings is 2. The first-order valence-corrected chi connectivity index (χ1v) is 8.42. The summed E-state index contributed by atoms with van der Waals surface area (Å²) < 4.78 is 23.9. The third kappa shape index (κ3) is 3.79. The Morgan fingerprint density at radius 3 is 1.71 bits per heavy atom. The highest BCUT2D eigenvalue weighted by molar-refractivity contribution is 7.56. The van der Waals surface area contributed by atoms with Gasteiger partial charge in [0.2, 0.25) is 0 Å². The van der Waals surface area contributed by atoms with Crippen LogP contribution in [-0.4, -0.2) is 16.3 Å². The van der Waals surface area contributed by atoms with Crippen molar-refractivity contribution in [1.29, 1.82) is 0 Å². The highest BCUT2D eigenvalue weighted by Gasteiger charge is 2.48. The van der Waals surface area contributed by atoms with E-state index in [-0.39, 0.29) is 5.88 Å². The minimum absolute atomic E-state index is 0.288. The maximum absolute atomic E-state index is 13.0. The van der Waals surface area contributed by atoms with Crippen LogP contribution in [0.15, 0.2) is 60.7 Å². The van der Waals surface area contributed by atoms with Gasteiger partial charge in [0.1, 0.15) is 11.5 Å². The predicted molar refractivity (Wildman–Crippen MR) is 83.1 cm³/mol. The Balaban J connectivity index is 2.33. The molecule has 2 aromatic rings. The largest absolute Gasteiger partial charge is 0.463 e. The molecule has 0 radical (unpaired) electrons. The number of halogens is 1. The van der Waals surface area contributed by atoms with Crippen molar-refractivity contribution in [3.05, 3.63) is 60.7 Å². The molecule has 1 unspecified atom stereocenters. The molecule has 2 aromatic carbocycles. The van der Waals surface area contributed by atoms with Crippen LogP contribution >= 0.6 is 19.2 Å². The fraction of sp³-hybridized carbons (Fsp3) is 0.200. The van der Waals surface area contributed by atoms with Gasteiger partial charge in [0.05, 0.1) is 5.88 Å². The maximum atomic E-state index is 13.0. The van der Waals surface area contributed by atoms with Gasteiger partial charge in [-0.1, -0.05) is 36.4 Å². The Hall–Kier alpha value is -1.48. The summed E-state index contributed by atoms with van der Waals surface area (Å²) in [5.74, 6) is 0.383. The molecule has 0 aliphatic carbocycles. The fourth-order valence-electron chi connectivity index (χ4n) is 1.53. The highest BCUT2D eigenvalue weighted by Crippen LogP contribution is 2.58. The van der Waals surface area contributed by atoms with Crippen molar-refractivity contribution in [2.45, 2.75) is 12.3 Å². The van der Waals surface area contributed by atoms with Gasteiger partial charge in [-0.3, -0.25) is 0 Å². The molecule has 0 bridgehead atoms. The molecule has 1 atom stereocenters. The first-order valence-electron chi connectivity index (χ1n) is 6.35. The van der Waals surface area contributed by atoms with E-state index in [1.807, 2.05) is 0 Å². The van der Waals surface area contributed by atoms with Crippen molar-refractivity contribution < 1.29 is 18.7 Å². The van der Waals surface area contributed by atoms with Gasteiger partial charge >= 0.3 is 7.60 Å². The van der Waals surface area contributed by atoms with Gasteiger partial charge < -0.3 is 14.2 Å². The normalized spacial score (nSPS) is 14.2. The van der Waals surface area contributed by atoms with E-state index in [0.717, 1.165) is 0 Å². The Bertz CT molecular complexity index is 571. The Labute approximate surface area is 128 Å². The standard InChI is InChI=1S/C15H16ClO4P/c1-15(17,12-16)21(18,19-13-8-4-2-5-9-13)20-14-10-6-3-7-11-14/h2-11,17H,12H2,1H3. The fourth-order valence-corrected chi connectivity index (χ4v) is 3.34. The summed E-state index contributed by atoms with van der Waals surface area (Å²) in [5, 5.41) is 8.50. The molecule has 0 aromatic heterocycles. The number of alkyl halides is 1. The Morgan fingerprint density at radius 2 is 1.38 bits per heavy atom. The van der Waals surface area contributed by atoms with Crippen LogP contribution in [0.3, 0.4) is 0 Å². The SMILES string of the molecule is CC(O)(CCl)P(=O)(Oc1ccccc1)Oc1ccccc1. The number of hydrogen-bond donors (Lipinski definition) is 1. The molecule has 1 N–H and O–H groups in total. The molecule has 0 amide bonds. The van der Waals surface area contributed by atoms with E-state index in [2.05, 4.69) is 0 Å². The third-order valence-electron chi connectivity index (χ3n) is 2.78. The minimum atomic E-state index is -3.94. The average Bonchev–Trinajstić information content (AvgIpc) is 2.49. The maximum Gasteiger partial charge on any atom is 0.463 e. The van der Waals surface area contributed by atoms with Crippen LogP contribution in [0.1, 0.15) is 6.92 Å². The van der Waals surface area contributed by atoms with Crippen molar-refractivity contribution >= 4 is 19.2 Å². The van der Waals surface area contributed by atoms with Crippen LogP contribution in [0.25, 0.3) is 0 Å². The first-order chi connectivity index (χ1) is 9.97. The predicted octanol–water partition coefficient (Wildman–Crippen LogP) is 4.28. The minimum Gasteiger partial charge on any atom is -0.414 e. The number of rotatable bonds is 6. The molecule has 0 saturated carbocycles. The van der Waals surface area contributed by atoms with Gasteiger partial charge in [-0.05, 0) is 31.2 Å². The number of hydrogen-bond acceptors (Lipinski definition) is 4. The molecule has 0 fully saturated rings. The van der Waals surface area contributed by atoms with Gasteiger partial charge in [-0.25, -0.2) is 4.57 Å². The first kappa shape index (κ1) is 15.9. The molecule has 0 spiro atoms. The van der Waals surface area contributed by atoms with E-state index < -0.39 is 12.9 Å². The van der Waals surface area contributed by atoms with Crippen molar-refractivity contribution in [3.63, 3.8) is 0 Å². The monoisotopic (exact) mass is 326 g/mol. The van der Waals surface area contributed by atoms with Crippen LogP contribution in [0, 0.1) is 0 Å². The zero-order valence-electron chi connectivity index (χ0n) is 11.5. The zero-order chi connectivity index (χ0) is 15.3. The van der Waals surface area contributed by atoms with E-state index in [4.69, 9.17) is 20.6 Å². The lowest BCUT2D eigenvalue weighted by molar-refractivity contribution is 0.135. The molecule has 0 saturated heterocycles. The van der Waals surface area contributed by atoms with Crippen molar-refractivity contribution in [1.82, 2.24) is 0 Å². The highest BCUT2D eigenvalue weighted by atomic mass is 35.5. The molecule has 6 heteroatoms. The van der Waals surface area contributed by atoms with Gasteiger partial charge in [0, 0.05) is 0 Å². The van der Waals surface area contributed by atoms with Crippen LogP contribution < -0.4 is 9.05 Å². The molecule has 112 valence electrons. The molecular weight excluding hydrogens is 311 g/mol. The third-order valence-corrected chi connectivity index (χ3v) is 5.73. The molecule has 0 aliphatic rings. The van der Waals surface area contributed by atoms with Gasteiger partial charge in [0.25, 0.3) is 0 Å². The zero-order valence-corrected chi connectivity index (χ0v) is 13.1. The lowest BCUT2D eigenvalue weighted by atomic mass is 10.3. The lowest BCUT2D eigenvalue weighted by Gasteiger charge is -2.30. The number of aliphatic hydroxyl groups is 1. The summed E-state index contributed by atoms with van der Waals surface area (Å²) in [6, 6.07) is 17.1. The second kappa shape index (κ2) is 6.52. The van der Waals surface area contributed by atoms with Crippen LogP contribution in [0.5, 0.6) is 11.5 Å². The van der Waals surface area contributed by atoms with Crippen LogP contribution in [-0.2, 0) is 4.57 Å². The Kier molecular flexibility index (Phi) is 4.94. The van der Waals surface area contributed by atoms with Gasteiger partial charge in [0.15, 0.2) is 5.34 Å². The van der Waals surface area contributed by atoms with Crippen molar-refractivity contribution in [3.8, 4) is 11.5 Å². The molecule has 2 rings (SSSR count). The van der Waals surface area contributed by atoms with E-state index in [1.165, 1.54) is 6.92 Å². The summed E-state index contributed by atoms with van der Waals surface area (Å²) in [6.45, 7) is 1.33. The van der Waals surface area contributed by atoms with Crippen molar-refractivity contribution in [2.75, 3.05) is 5.88 Å². The molecule has 21 heavy (non-hydrogen) atoms. The second-order valence-electron chi connectivity index (χ2n) is 4.66. The van der Waals surface area contributed by atoms with Crippen molar-refractivity contribution in [2.24, 2.45) is 0 Å². The molecular formula is C15H16ClO4P. The lowest BCUT2D eigenvalue weighted by Crippen LogP contribution is -2.31. The van der Waals surface area contributed by atoms with E-state index in [0.29, 0.717) is 11.5 Å². The molecule has 0 heterocycles. The van der Waals surface area contributed by atoms with E-state index >= 15 is 0 Å². The smallest absolute Gasteiger partial charge is 0.414 e. The van der Waals surface area contributed by atoms with Crippen LogP contribution in [0.2, 0.25) is 0 Å². The van der Waals surface area contributed by atoms with Crippen LogP contribution in [0.4, 0.5) is 0 Å². The summed E-state index contributed by atoms with van der Waals surface area (Å²) in [4.78, 5) is 0. The summed E-state index contributed by atoms with van der Waals surface area (Å²) in [7, 11) is -3.94. The molecule has 4 nitrogen and oxygen atoms in total. The van der Waals surface area contributed by atoms with E-state index in [1.54, 1.807) is 60.7 Å². The number of para-hydroxylation sites is 2.